The predicted molar refractivity (Wildman–Crippen MR) is 491 cm³/mol. The van der Waals surface area contributed by atoms with E-state index in [4.69, 9.17) is 24.4 Å². The van der Waals surface area contributed by atoms with E-state index in [9.17, 15) is 0 Å². The van der Waals surface area contributed by atoms with Crippen LogP contribution in [-0.4, -0.2) is 34.1 Å². The fourth-order valence-electron chi connectivity index (χ4n) is 19.6. The lowest BCUT2D eigenvalue weighted by Crippen LogP contribution is -2.14. The van der Waals surface area contributed by atoms with Crippen molar-refractivity contribution in [3.8, 4) is 101 Å². The maximum absolute atomic E-state index is 6.70. The molecule has 0 saturated heterocycles. The smallest absolute Gasteiger partial charge is 0.180 e. The second kappa shape index (κ2) is 25.9. The molecule has 7 heterocycles. The molecule has 118 heavy (non-hydrogen) atoms. The molecule has 8 nitrogen and oxygen atoms in total. The molecule has 25 rings (SSSR count). The largest absolute Gasteiger partial charge is 0.452 e. The molecule has 0 bridgehead atoms. The van der Waals surface area contributed by atoms with Crippen LogP contribution >= 0.6 is 11.3 Å². The highest BCUT2D eigenvalue weighted by molar-refractivity contribution is 7.26. The summed E-state index contributed by atoms with van der Waals surface area (Å²) in [7, 11) is 0. The second-order valence-electron chi connectivity index (χ2n) is 32.6. The molecule has 2 aliphatic carbocycles. The van der Waals surface area contributed by atoms with Crippen molar-refractivity contribution in [3.05, 3.63) is 380 Å². The van der Waals surface area contributed by atoms with Crippen molar-refractivity contribution in [1.29, 1.82) is 0 Å². The first kappa shape index (κ1) is 67.7. The molecule has 0 fully saturated rings. The summed E-state index contributed by atoms with van der Waals surface area (Å²) in [5.74, 6) is 1.36. The van der Waals surface area contributed by atoms with Gasteiger partial charge < -0.3 is 13.6 Å². The normalized spacial score (nSPS) is 13.2. The number of benzene rings is 16. The van der Waals surface area contributed by atoms with Gasteiger partial charge in [0.05, 0.1) is 43.7 Å². The Morgan fingerprint density at radius 3 is 1.55 bits per heavy atom. The zero-order valence-electron chi connectivity index (χ0n) is 65.0. The molecule has 554 valence electrons. The summed E-state index contributed by atoms with van der Waals surface area (Å²) in [5.41, 5.74) is 31.3. The lowest BCUT2D eigenvalue weighted by atomic mass is 9.82. The minimum Gasteiger partial charge on any atom is -0.452 e. The Balaban J connectivity index is 0.000000135. The Hall–Kier alpha value is -14.8. The van der Waals surface area contributed by atoms with Crippen LogP contribution in [0.1, 0.15) is 49.9 Å². The van der Waals surface area contributed by atoms with E-state index in [1.807, 2.05) is 42.7 Å². The molecule has 9 heteroatoms. The Kier molecular flexibility index (Phi) is 14.8. The van der Waals surface area contributed by atoms with Gasteiger partial charge in [0.15, 0.2) is 17.2 Å². The number of fused-ring (bicyclic) bond motifs is 21. The number of thiophene rings is 1. The lowest BCUT2D eigenvalue weighted by molar-refractivity contribution is 0.660. The first-order chi connectivity index (χ1) is 58.0. The maximum Gasteiger partial charge on any atom is 0.180 e. The second-order valence-corrected chi connectivity index (χ2v) is 33.6. The first-order valence-electron chi connectivity index (χ1n) is 40.4. The van der Waals surface area contributed by atoms with Crippen LogP contribution in [0.3, 0.4) is 0 Å². The quantitative estimate of drug-likeness (QED) is 0.151. The Labute approximate surface area is 683 Å². The third-order valence-corrected chi connectivity index (χ3v) is 26.5. The van der Waals surface area contributed by atoms with Crippen LogP contribution in [-0.2, 0) is 10.8 Å². The average Bonchev–Trinajstić information content (AvgIpc) is 1.57. The number of rotatable bonds is 8. The van der Waals surface area contributed by atoms with Crippen molar-refractivity contribution in [3.63, 3.8) is 0 Å². The van der Waals surface area contributed by atoms with Crippen LogP contribution in [0, 0.1) is 0 Å². The van der Waals surface area contributed by atoms with Gasteiger partial charge in [-0.05, 0) is 191 Å². The highest BCUT2D eigenvalue weighted by atomic mass is 32.1. The zero-order chi connectivity index (χ0) is 78.2. The van der Waals surface area contributed by atoms with E-state index >= 15 is 0 Å². The van der Waals surface area contributed by atoms with Crippen molar-refractivity contribution in [2.24, 2.45) is 0 Å². The summed E-state index contributed by atoms with van der Waals surface area (Å²) >= 11 is 1.78. The van der Waals surface area contributed by atoms with Gasteiger partial charge >= 0.3 is 0 Å². The topological polar surface area (TPSA) is 87.5 Å². The summed E-state index contributed by atoms with van der Waals surface area (Å²) < 4.78 is 13.8. The number of para-hydroxylation sites is 2. The number of hydrogen-bond acceptors (Lipinski definition) is 7. The van der Waals surface area contributed by atoms with Crippen LogP contribution < -0.4 is 0 Å². The van der Waals surface area contributed by atoms with E-state index in [1.54, 1.807) is 11.3 Å². The fraction of sp³-hybridized carbons (Fsp3) is 0.0550. The van der Waals surface area contributed by atoms with Gasteiger partial charge in [-0.25, -0.2) is 19.9 Å². The number of pyridine rings is 1. The molecule has 0 saturated carbocycles. The van der Waals surface area contributed by atoms with Crippen molar-refractivity contribution in [2.45, 2.75) is 38.5 Å². The van der Waals surface area contributed by atoms with Gasteiger partial charge in [0.25, 0.3) is 0 Å². The van der Waals surface area contributed by atoms with Gasteiger partial charge in [0, 0.05) is 93.6 Å². The van der Waals surface area contributed by atoms with Crippen LogP contribution in [0.25, 0.3) is 219 Å². The number of aromatic nitrogens is 7. The highest BCUT2D eigenvalue weighted by Crippen LogP contribution is 2.55. The van der Waals surface area contributed by atoms with Crippen LogP contribution in [0.15, 0.2) is 363 Å². The molecular formula is C109H71N7OS. The predicted octanol–water partition coefficient (Wildman–Crippen LogP) is 28.9. The van der Waals surface area contributed by atoms with Crippen molar-refractivity contribution in [1.82, 2.24) is 34.1 Å². The Morgan fingerprint density at radius 2 is 0.822 bits per heavy atom. The zero-order valence-corrected chi connectivity index (χ0v) is 65.8. The van der Waals surface area contributed by atoms with Crippen LogP contribution in [0.4, 0.5) is 0 Å². The SMILES string of the molecule is CC1(C)c2ccccc2-c2c(-c3ccc4sc5c(-c6ccc(-n7c8ccccc8c8cc9ccccc9cc87)c7ccccc67)nc(-c6ccncc6)nc5c4c3)cccc21.CC1(C)c2ccccc2-c2cc(-c3ccc4oc5c(-c6ccc(-n7c8ccccc8c8cc9ccccc9cc87)cc6)nc(-c6ccccc6)nc5c4c3)ccc21. The average molecular weight is 1530 g/mol. The molecule has 16 aromatic carbocycles. The minimum absolute atomic E-state index is 0.0348. The molecule has 0 amide bonds. The molecule has 0 atom stereocenters. The van der Waals surface area contributed by atoms with Gasteiger partial charge in [-0.2, -0.15) is 0 Å². The van der Waals surface area contributed by atoms with Gasteiger partial charge in [-0.1, -0.05) is 276 Å². The van der Waals surface area contributed by atoms with Crippen LogP contribution in [0.2, 0.25) is 0 Å². The number of nitrogens with zero attached hydrogens (tertiary/aromatic N) is 7. The Bertz CT molecular complexity index is 8190. The monoisotopic (exact) mass is 1530 g/mol. The molecule has 0 N–H and O–H groups in total. The van der Waals surface area contributed by atoms with Crippen molar-refractivity contribution >= 4 is 130 Å². The molecule has 0 unspecified atom stereocenters. The summed E-state index contributed by atoms with van der Waals surface area (Å²) in [6.45, 7) is 9.33. The summed E-state index contributed by atoms with van der Waals surface area (Å²) in [6.07, 6.45) is 3.64. The first-order valence-corrected chi connectivity index (χ1v) is 41.2. The highest BCUT2D eigenvalue weighted by Gasteiger charge is 2.38. The van der Waals surface area contributed by atoms with Gasteiger partial charge in [0.1, 0.15) is 16.8 Å². The van der Waals surface area contributed by atoms with Crippen LogP contribution in [0.5, 0.6) is 0 Å². The van der Waals surface area contributed by atoms with E-state index < -0.39 is 0 Å². The van der Waals surface area contributed by atoms with E-state index in [0.29, 0.717) is 17.2 Å². The fourth-order valence-corrected chi connectivity index (χ4v) is 20.7. The Morgan fingerprint density at radius 1 is 0.297 bits per heavy atom. The van der Waals surface area contributed by atoms with E-state index in [1.165, 1.54) is 131 Å². The molecule has 2 aliphatic rings. The molecule has 23 aromatic rings. The number of hydrogen-bond donors (Lipinski definition) is 0. The van der Waals surface area contributed by atoms with Crippen molar-refractivity contribution < 1.29 is 4.42 Å². The third-order valence-electron chi connectivity index (χ3n) is 25.3. The molecular weight excluding hydrogens is 1460 g/mol. The third kappa shape index (κ3) is 10.3. The molecule has 0 radical (unpaired) electrons. The van der Waals surface area contributed by atoms with E-state index in [-0.39, 0.29) is 10.8 Å². The molecule has 0 aliphatic heterocycles. The maximum atomic E-state index is 6.70. The van der Waals surface area contributed by atoms with Gasteiger partial charge in [-0.3, -0.25) is 4.98 Å². The van der Waals surface area contributed by atoms with Gasteiger partial charge in [0.2, 0.25) is 0 Å². The summed E-state index contributed by atoms with van der Waals surface area (Å²) in [5, 5.41) is 14.3. The lowest BCUT2D eigenvalue weighted by Gasteiger charge is -2.21. The van der Waals surface area contributed by atoms with E-state index in [0.717, 1.165) is 93.4 Å². The van der Waals surface area contributed by atoms with Crippen molar-refractivity contribution in [2.75, 3.05) is 0 Å². The minimum atomic E-state index is -0.0725. The standard InChI is InChI=1S/C56H36N4S.C53H35N3O/c1-56(2)45-19-9-7-17-42(45)51-37(18-11-20-46(51)56)36-22-25-50-44(31-36)53-54(61-50)52(58-55(59-53)33-26-28-57-29-27-33)41-23-24-48(39-15-6-5-14-38(39)41)60-47-21-10-8-16-40(47)43-30-34-12-3-4-13-35(34)32-49(43)60;1-53(2)44-18-10-8-16-39(44)41-28-36(22-26-45(41)53)37-23-27-48-43(30-37)50-51(57-48)49(54-52(55-50)33-12-4-3-5-13-33)32-20-24-38(25-21-32)56-46-19-11-9-17-40(46)42-29-34-14-6-7-15-35(34)31-47(42)56/h3-32H,1-2H3;3-31H,1-2H3. The number of furan rings is 1. The van der Waals surface area contributed by atoms with E-state index in [2.05, 4.69) is 357 Å². The molecule has 7 aromatic heterocycles. The van der Waals surface area contributed by atoms with Gasteiger partial charge in [-0.15, -0.1) is 11.3 Å². The summed E-state index contributed by atoms with van der Waals surface area (Å²) in [6, 6.07) is 125. The summed E-state index contributed by atoms with van der Waals surface area (Å²) in [4.78, 5) is 25.6. The molecule has 0 spiro atoms.